The lowest BCUT2D eigenvalue weighted by Crippen LogP contribution is -2.27. The first-order chi connectivity index (χ1) is 55.2. The van der Waals surface area contributed by atoms with Crippen LogP contribution in [0.25, 0.3) is 62.5 Å². The van der Waals surface area contributed by atoms with Gasteiger partial charge in [0.05, 0.1) is 27.8 Å². The van der Waals surface area contributed by atoms with Crippen LogP contribution in [0.5, 0.6) is 0 Å². The number of halogens is 8. The van der Waals surface area contributed by atoms with Crippen molar-refractivity contribution in [3.05, 3.63) is 450 Å². The maximum absolute atomic E-state index is 16.4. The van der Waals surface area contributed by atoms with Gasteiger partial charge < -0.3 is 0 Å². The molecule has 9 aromatic rings. The molecular formula is C92H38F8N14. The average molecular weight is 1490 g/mol. The molecule has 14 nitrogen and oxygen atoms in total. The molecule has 0 atom stereocenters. The van der Waals surface area contributed by atoms with E-state index in [1.54, 1.807) is 36.4 Å². The molecule has 6 aliphatic carbocycles. The molecule has 0 bridgehead atoms. The number of fused-ring (bicyclic) bond motifs is 6. The lowest BCUT2D eigenvalue weighted by molar-refractivity contribution is 0.567. The predicted octanol–water partition coefficient (Wildman–Crippen LogP) is 14.6. The smallest absolute Gasteiger partial charge is 0.207 e. The van der Waals surface area contributed by atoms with Gasteiger partial charge in [-0.25, -0.2) is 35.1 Å². The van der Waals surface area contributed by atoms with Gasteiger partial charge in [-0.05, 0) is 214 Å². The van der Waals surface area contributed by atoms with Crippen LogP contribution in [0.4, 0.5) is 35.1 Å². The van der Waals surface area contributed by atoms with Crippen LogP contribution in [0.1, 0.15) is 77.9 Å². The summed E-state index contributed by atoms with van der Waals surface area (Å²) in [5.74, 6) is -5.17. The molecular weight excluding hydrogens is 1450 g/mol. The number of allylic oxidation sites excluding steroid dienone is 9. The van der Waals surface area contributed by atoms with E-state index in [-0.39, 0.29) is 121 Å². The molecule has 0 saturated heterocycles. The summed E-state index contributed by atoms with van der Waals surface area (Å²) in [5.41, 5.74) is 9.45. The fourth-order valence-electron chi connectivity index (χ4n) is 15.4. The third-order valence-electron chi connectivity index (χ3n) is 20.1. The average Bonchev–Trinajstić information content (AvgIpc) is 1.55. The van der Waals surface area contributed by atoms with Crippen molar-refractivity contribution in [3.63, 3.8) is 0 Å². The molecule has 15 rings (SSSR count). The number of nitrogens with zero attached hydrogens (tertiary/aromatic N) is 14. The summed E-state index contributed by atoms with van der Waals surface area (Å²) >= 11 is 0. The highest BCUT2D eigenvalue weighted by molar-refractivity contribution is 5.94. The Hall–Kier alpha value is -17.1. The molecule has 9 aromatic carbocycles. The summed E-state index contributed by atoms with van der Waals surface area (Å²) in [6.07, 6.45) is 0.109. The quantitative estimate of drug-likeness (QED) is 0.0884. The molecule has 0 fully saturated rings. The molecule has 0 spiro atoms. The first-order valence-electron chi connectivity index (χ1n) is 33.8. The normalized spacial score (nSPS) is 13.1. The van der Waals surface area contributed by atoms with E-state index < -0.39 is 40.7 Å². The van der Waals surface area contributed by atoms with Crippen molar-refractivity contribution in [2.75, 3.05) is 0 Å². The lowest BCUT2D eigenvalue weighted by Gasteiger charge is -2.08. The van der Waals surface area contributed by atoms with E-state index in [4.69, 9.17) is 39.4 Å². The fourth-order valence-corrected chi connectivity index (χ4v) is 15.4. The maximum Gasteiger partial charge on any atom is 0.523 e. The first-order valence-corrected chi connectivity index (χ1v) is 33.8. The standard InChI is InChI=1S/C32H12F2N6.C30H12F4N4.C30H14F2N4/c1-39-32(40-2)25-12-24-27(16-38)30-23(26(15-37)31(24)29(25)18-5-9-21(34)10-6-18)11-22(19(13-35)14-36)28(30)17-3-7-20(33)8-4-17;1-37-30(38-2)23-12-22-27(25(23)16-5-9-19(32)10-6-16)28(33)21-11-20(17(13-35)14-36)24(26(21)29(22)34)15-3-7-18(31)8-4-15;1-35-30(36-2)27-14-20-12-24-19(11-25(20)29(27)18-5-9-23(32)10-6-18)13-26(21(15-33)16-34)28(24)17-3-7-22(31)8-4-17/h3-10H,11-12H2;3-10H,11-12H2;3-12H,13-14H2. The van der Waals surface area contributed by atoms with Gasteiger partial charge >= 0.3 is 17.5 Å². The third-order valence-corrected chi connectivity index (χ3v) is 20.1. The van der Waals surface area contributed by atoms with Crippen LogP contribution >= 0.6 is 0 Å². The van der Waals surface area contributed by atoms with E-state index in [1.165, 1.54) is 97.1 Å². The number of hydrogen-bond acceptors (Lipinski definition) is 8. The van der Waals surface area contributed by atoms with Gasteiger partial charge in [0, 0.05) is 57.7 Å². The van der Waals surface area contributed by atoms with E-state index in [0.29, 0.717) is 112 Å². The Bertz CT molecular complexity index is 6690. The molecule has 114 heavy (non-hydrogen) atoms. The SMILES string of the molecule is [C-]#[N+]C([N+]#[C-])=C1Cc2c(C#N)c3c(c(C#N)c2=C1c1ccc(F)cc1)CC(=C(C#N)C#N)C=3c1ccc(F)cc1.[C-]#[N+]C([N+]#[C-])=C1Cc2c(F)c3c(c(F)c2=C1c1ccc(F)cc1)CC(=C(C#N)C#N)C=3c1ccc(F)cc1.[C-]#[N+]C([N+]#[C-])=C1Cc2cc3c(cc2=C1c1ccc(F)cc1)CC(=C(C#N)C#N)C=3c1ccc(F)cc1. The second-order valence-corrected chi connectivity index (χ2v) is 25.8. The van der Waals surface area contributed by atoms with Crippen LogP contribution in [-0.4, -0.2) is 0 Å². The molecule has 0 aliphatic heterocycles. The zero-order valence-electron chi connectivity index (χ0n) is 58.5. The minimum Gasteiger partial charge on any atom is -0.207 e. The Morgan fingerprint density at radius 2 is 0.474 bits per heavy atom. The molecule has 22 heteroatoms. The minimum atomic E-state index is -0.829. The number of nitriles is 8. The Morgan fingerprint density at radius 3 is 0.754 bits per heavy atom. The van der Waals surface area contributed by atoms with Crippen molar-refractivity contribution in [1.82, 2.24) is 0 Å². The summed E-state index contributed by atoms with van der Waals surface area (Å²) < 4.78 is 115. The second kappa shape index (κ2) is 31.0. The van der Waals surface area contributed by atoms with Crippen LogP contribution < -0.4 is 31.3 Å². The summed E-state index contributed by atoms with van der Waals surface area (Å²) in [6.45, 7) is 45.0. The summed E-state index contributed by atoms with van der Waals surface area (Å²) in [6, 6.07) is 52.3. The third kappa shape index (κ3) is 12.9. The van der Waals surface area contributed by atoms with Crippen LogP contribution in [-0.2, 0) is 38.5 Å². The van der Waals surface area contributed by atoms with E-state index >= 15 is 8.78 Å². The monoisotopic (exact) mass is 1490 g/mol. The molecule has 0 aromatic heterocycles. The summed E-state index contributed by atoms with van der Waals surface area (Å²) in [7, 11) is 0. The van der Waals surface area contributed by atoms with Gasteiger partial charge in [-0.15, -0.1) is 0 Å². The van der Waals surface area contributed by atoms with E-state index in [9.17, 15) is 68.4 Å². The highest BCUT2D eigenvalue weighted by atomic mass is 19.2. The molecule has 0 radical (unpaired) electrons. The Morgan fingerprint density at radius 1 is 0.263 bits per heavy atom. The van der Waals surface area contributed by atoms with Crippen molar-refractivity contribution < 1.29 is 35.1 Å². The van der Waals surface area contributed by atoms with Gasteiger partial charge in [0.25, 0.3) is 0 Å². The number of hydrogen-bond donors (Lipinski definition) is 0. The summed E-state index contributed by atoms with van der Waals surface area (Å²) in [4.78, 5) is 20.1. The maximum atomic E-state index is 16.4. The topological polar surface area (TPSA) is 216 Å². The number of rotatable bonds is 6. The Balaban J connectivity index is 0.000000149. The molecule has 0 unspecified atom stereocenters. The zero-order valence-corrected chi connectivity index (χ0v) is 58.5. The second-order valence-electron chi connectivity index (χ2n) is 25.8. The summed E-state index contributed by atoms with van der Waals surface area (Å²) in [5, 5.41) is 80.8. The van der Waals surface area contributed by atoms with Crippen LogP contribution in [0.2, 0.25) is 0 Å². The van der Waals surface area contributed by atoms with Crippen LogP contribution in [0.15, 0.2) is 225 Å². The van der Waals surface area contributed by atoms with Gasteiger partial charge in [-0.2, -0.15) is 71.2 Å². The van der Waals surface area contributed by atoms with E-state index in [0.717, 1.165) is 45.8 Å². The van der Waals surface area contributed by atoms with Crippen molar-refractivity contribution in [1.29, 1.82) is 42.1 Å². The van der Waals surface area contributed by atoms with Crippen molar-refractivity contribution >= 4 is 33.4 Å². The van der Waals surface area contributed by atoms with Crippen molar-refractivity contribution in [3.8, 4) is 48.6 Å². The molecule has 6 aliphatic rings. The van der Waals surface area contributed by atoms with Crippen LogP contribution in [0.3, 0.4) is 0 Å². The van der Waals surface area contributed by atoms with Crippen molar-refractivity contribution in [2.45, 2.75) is 38.5 Å². The van der Waals surface area contributed by atoms with Crippen LogP contribution in [0, 0.1) is 177 Å². The Kier molecular flexibility index (Phi) is 20.5. The fraction of sp³-hybridized carbons (Fsp3) is 0.0652. The molecule has 0 saturated carbocycles. The van der Waals surface area contributed by atoms with Gasteiger partial charge in [0.1, 0.15) is 151 Å². The van der Waals surface area contributed by atoms with Crippen molar-refractivity contribution in [2.24, 2.45) is 0 Å². The van der Waals surface area contributed by atoms with Gasteiger partial charge in [-0.3, -0.25) is 0 Å². The minimum absolute atomic E-state index is 0.00249. The number of benzene rings is 9. The lowest BCUT2D eigenvalue weighted by atomic mass is 9.92. The van der Waals surface area contributed by atoms with Gasteiger partial charge in [0.15, 0.2) is 0 Å². The highest BCUT2D eigenvalue weighted by Gasteiger charge is 2.40. The first kappa shape index (κ1) is 75.2. The largest absolute Gasteiger partial charge is 0.523 e. The van der Waals surface area contributed by atoms with E-state index in [1.807, 2.05) is 36.4 Å². The Labute approximate surface area is 644 Å². The molecule has 532 valence electrons. The molecule has 0 heterocycles. The predicted molar refractivity (Wildman–Crippen MR) is 398 cm³/mol. The van der Waals surface area contributed by atoms with Gasteiger partial charge in [0.2, 0.25) is 0 Å². The highest BCUT2D eigenvalue weighted by Crippen LogP contribution is 2.42. The molecule has 0 N–H and O–H groups in total. The zero-order chi connectivity index (χ0) is 81.1. The van der Waals surface area contributed by atoms with Gasteiger partial charge in [-0.1, -0.05) is 72.8 Å². The molecule has 0 amide bonds. The van der Waals surface area contributed by atoms with E-state index in [2.05, 4.69) is 41.2 Å².